The summed E-state index contributed by atoms with van der Waals surface area (Å²) in [6.45, 7) is 8.08. The molecule has 0 radical (unpaired) electrons. The lowest BCUT2D eigenvalue weighted by Gasteiger charge is -2.17. The van der Waals surface area contributed by atoms with E-state index in [9.17, 15) is 9.18 Å². The summed E-state index contributed by atoms with van der Waals surface area (Å²) in [5.74, 6) is 0.0295. The summed E-state index contributed by atoms with van der Waals surface area (Å²) < 4.78 is 24.2. The lowest BCUT2D eigenvalue weighted by Crippen LogP contribution is -2.25. The van der Waals surface area contributed by atoms with Crippen LogP contribution in [0.25, 0.3) is 11.5 Å². The summed E-state index contributed by atoms with van der Waals surface area (Å²) in [6, 6.07) is 10.8. The Morgan fingerprint density at radius 3 is 2.52 bits per heavy atom. The molecular formula is C23H29ClFN5O3. The molecule has 8 nitrogen and oxygen atoms in total. The molecule has 2 N–H and O–H groups in total. The molecule has 33 heavy (non-hydrogen) atoms. The van der Waals surface area contributed by atoms with Crippen molar-refractivity contribution in [3.63, 3.8) is 0 Å². The first-order chi connectivity index (χ1) is 15.5. The average molecular weight is 478 g/mol. The van der Waals surface area contributed by atoms with Gasteiger partial charge in [0.25, 0.3) is 11.8 Å². The van der Waals surface area contributed by atoms with Crippen LogP contribution in [0.4, 0.5) is 16.1 Å². The number of carbonyl (C=O) groups is 1. The summed E-state index contributed by atoms with van der Waals surface area (Å²) in [5, 5.41) is 14.0. The Hall–Kier alpha value is -3.17. The van der Waals surface area contributed by atoms with Crippen LogP contribution in [0.15, 0.2) is 46.9 Å². The van der Waals surface area contributed by atoms with E-state index < -0.39 is 5.82 Å². The van der Waals surface area contributed by atoms with E-state index in [1.807, 2.05) is 0 Å². The van der Waals surface area contributed by atoms with Crippen LogP contribution in [0, 0.1) is 5.82 Å². The molecule has 0 aliphatic heterocycles. The maximum absolute atomic E-state index is 13.1. The normalized spacial score (nSPS) is 10.6. The first-order valence-corrected chi connectivity index (χ1v) is 10.6. The molecule has 1 aromatic heterocycles. The van der Waals surface area contributed by atoms with E-state index in [1.54, 1.807) is 18.2 Å². The first-order valence-electron chi connectivity index (χ1n) is 10.6. The highest BCUT2D eigenvalue weighted by Gasteiger charge is 2.15. The standard InChI is InChI=1S/C23H28FN5O3.ClH/c1-4-29(5-2)14-6-13-25-23-28-27-22(32-23)19-12-11-18(15-20(19)31-3)26-21(30)16-7-9-17(24)10-8-16;/h7-12,15H,4-6,13-14H2,1-3H3,(H,25,28)(H,26,30);1H. The van der Waals surface area contributed by atoms with Crippen LogP contribution in [0.3, 0.4) is 0 Å². The number of benzene rings is 2. The van der Waals surface area contributed by atoms with Gasteiger partial charge in [-0.15, -0.1) is 17.5 Å². The molecule has 0 bridgehead atoms. The molecular weight excluding hydrogens is 449 g/mol. The third-order valence-electron chi connectivity index (χ3n) is 5.04. The van der Waals surface area contributed by atoms with Crippen molar-refractivity contribution in [1.82, 2.24) is 15.1 Å². The van der Waals surface area contributed by atoms with Gasteiger partial charge in [0.2, 0.25) is 0 Å². The van der Waals surface area contributed by atoms with E-state index in [-0.39, 0.29) is 18.3 Å². The second kappa shape index (κ2) is 12.8. The number of amides is 1. The lowest BCUT2D eigenvalue weighted by molar-refractivity contribution is 0.102. The molecule has 0 aliphatic rings. The van der Waals surface area contributed by atoms with Crippen molar-refractivity contribution < 1.29 is 18.3 Å². The Bertz CT molecular complexity index is 1030. The number of rotatable bonds is 11. The Balaban J connectivity index is 0.00000385. The number of ether oxygens (including phenoxy) is 1. The second-order valence-electron chi connectivity index (χ2n) is 7.10. The van der Waals surface area contributed by atoms with Crippen molar-refractivity contribution in [2.24, 2.45) is 0 Å². The summed E-state index contributed by atoms with van der Waals surface area (Å²) in [7, 11) is 1.52. The van der Waals surface area contributed by atoms with Gasteiger partial charge >= 0.3 is 6.01 Å². The molecule has 0 fully saturated rings. The average Bonchev–Trinajstić information content (AvgIpc) is 3.28. The minimum atomic E-state index is -0.398. The number of aromatic nitrogens is 2. The van der Waals surface area contributed by atoms with Gasteiger partial charge in [0.05, 0.1) is 12.7 Å². The van der Waals surface area contributed by atoms with Gasteiger partial charge in [-0.3, -0.25) is 4.79 Å². The van der Waals surface area contributed by atoms with Gasteiger partial charge in [-0.2, -0.15) is 0 Å². The highest BCUT2D eigenvalue weighted by atomic mass is 35.5. The molecule has 2 aromatic carbocycles. The van der Waals surface area contributed by atoms with Crippen LogP contribution in [0.5, 0.6) is 5.75 Å². The number of nitrogens with zero attached hydrogens (tertiary/aromatic N) is 3. The van der Waals surface area contributed by atoms with E-state index >= 15 is 0 Å². The molecule has 1 heterocycles. The summed E-state index contributed by atoms with van der Waals surface area (Å²) in [5.41, 5.74) is 1.48. The summed E-state index contributed by atoms with van der Waals surface area (Å²) in [6.07, 6.45) is 0.963. The second-order valence-corrected chi connectivity index (χ2v) is 7.10. The van der Waals surface area contributed by atoms with Crippen molar-refractivity contribution in [2.75, 3.05) is 43.9 Å². The van der Waals surface area contributed by atoms with Gasteiger partial charge in [0.1, 0.15) is 11.6 Å². The predicted octanol–water partition coefficient (Wildman–Crippen LogP) is 4.70. The predicted molar refractivity (Wildman–Crippen MR) is 129 cm³/mol. The van der Waals surface area contributed by atoms with Gasteiger partial charge in [0.15, 0.2) is 0 Å². The van der Waals surface area contributed by atoms with Gasteiger partial charge in [-0.25, -0.2) is 4.39 Å². The molecule has 178 valence electrons. The fraction of sp³-hybridized carbons (Fsp3) is 0.348. The number of nitrogens with one attached hydrogen (secondary N) is 2. The van der Waals surface area contributed by atoms with Crippen LogP contribution < -0.4 is 15.4 Å². The smallest absolute Gasteiger partial charge is 0.315 e. The molecule has 3 rings (SSSR count). The van der Waals surface area contributed by atoms with Crippen LogP contribution >= 0.6 is 12.4 Å². The first kappa shape index (κ1) is 26.1. The number of anilines is 2. The van der Waals surface area contributed by atoms with Crippen LogP contribution in [0.1, 0.15) is 30.6 Å². The number of hydrogen-bond donors (Lipinski definition) is 2. The Kier molecular flexibility index (Phi) is 10.1. The van der Waals surface area contributed by atoms with Crippen molar-refractivity contribution in [2.45, 2.75) is 20.3 Å². The van der Waals surface area contributed by atoms with Crippen molar-refractivity contribution in [3.05, 3.63) is 53.8 Å². The van der Waals surface area contributed by atoms with E-state index in [0.29, 0.717) is 34.5 Å². The van der Waals surface area contributed by atoms with Crippen molar-refractivity contribution in [1.29, 1.82) is 0 Å². The fourth-order valence-electron chi connectivity index (χ4n) is 3.19. The zero-order chi connectivity index (χ0) is 22.9. The highest BCUT2D eigenvalue weighted by Crippen LogP contribution is 2.32. The SMILES string of the molecule is CCN(CC)CCCNc1nnc(-c2ccc(NC(=O)c3ccc(F)cc3)cc2OC)o1.Cl. The van der Waals surface area contributed by atoms with Crippen molar-refractivity contribution >= 4 is 30.0 Å². The summed E-state index contributed by atoms with van der Waals surface area (Å²) in [4.78, 5) is 14.7. The highest BCUT2D eigenvalue weighted by molar-refractivity contribution is 6.04. The Morgan fingerprint density at radius 2 is 1.85 bits per heavy atom. The van der Waals surface area contributed by atoms with Gasteiger partial charge in [-0.05, 0) is 62.5 Å². The number of hydrogen-bond acceptors (Lipinski definition) is 7. The molecule has 0 saturated heterocycles. The molecule has 0 saturated carbocycles. The molecule has 0 spiro atoms. The summed E-state index contributed by atoms with van der Waals surface area (Å²) >= 11 is 0. The monoisotopic (exact) mass is 477 g/mol. The molecule has 3 aromatic rings. The van der Waals surface area contributed by atoms with Crippen LogP contribution in [0.2, 0.25) is 0 Å². The topological polar surface area (TPSA) is 92.5 Å². The molecule has 0 unspecified atom stereocenters. The van der Waals surface area contributed by atoms with Gasteiger partial charge in [0, 0.05) is 23.9 Å². The molecule has 0 aliphatic carbocycles. The van der Waals surface area contributed by atoms with Gasteiger partial charge < -0.3 is 24.7 Å². The zero-order valence-electron chi connectivity index (χ0n) is 18.9. The molecule has 0 atom stereocenters. The number of methoxy groups -OCH3 is 1. The zero-order valence-corrected chi connectivity index (χ0v) is 19.7. The van der Waals surface area contributed by atoms with E-state index in [4.69, 9.17) is 9.15 Å². The Labute approximate surface area is 198 Å². The largest absolute Gasteiger partial charge is 0.496 e. The van der Waals surface area contributed by atoms with E-state index in [2.05, 4.69) is 39.6 Å². The third kappa shape index (κ3) is 7.16. The van der Waals surface area contributed by atoms with Crippen LogP contribution in [-0.2, 0) is 0 Å². The van der Waals surface area contributed by atoms with Crippen LogP contribution in [-0.4, -0.2) is 54.3 Å². The maximum atomic E-state index is 13.1. The minimum Gasteiger partial charge on any atom is -0.496 e. The van der Waals surface area contributed by atoms with E-state index in [0.717, 1.165) is 32.6 Å². The Morgan fingerprint density at radius 1 is 1.12 bits per heavy atom. The maximum Gasteiger partial charge on any atom is 0.315 e. The molecule has 10 heteroatoms. The van der Waals surface area contributed by atoms with E-state index in [1.165, 1.54) is 31.4 Å². The minimum absolute atomic E-state index is 0. The fourth-order valence-corrected chi connectivity index (χ4v) is 3.19. The van der Waals surface area contributed by atoms with Crippen molar-refractivity contribution in [3.8, 4) is 17.2 Å². The number of halogens is 2. The molecule has 1 amide bonds. The quantitative estimate of drug-likeness (QED) is 0.386. The third-order valence-corrected chi connectivity index (χ3v) is 5.04. The number of carbonyl (C=O) groups excluding carboxylic acids is 1. The van der Waals surface area contributed by atoms with Gasteiger partial charge in [-0.1, -0.05) is 18.9 Å². The lowest BCUT2D eigenvalue weighted by atomic mass is 10.1.